The number of sulfone groups is 1. The van der Waals surface area contributed by atoms with Crippen LogP contribution in [0.2, 0.25) is 0 Å². The lowest BCUT2D eigenvalue weighted by molar-refractivity contribution is -0.246. The molecule has 0 amide bonds. The molecule has 1 rings (SSSR count). The molecule has 152 valence electrons. The van der Waals surface area contributed by atoms with Crippen molar-refractivity contribution < 1.29 is 47.2 Å². The summed E-state index contributed by atoms with van der Waals surface area (Å²) >= 11 is 0.0775. The van der Waals surface area contributed by atoms with E-state index in [-0.39, 0.29) is 11.8 Å². The highest BCUT2D eigenvalue weighted by Gasteiger charge is 2.59. The van der Waals surface area contributed by atoms with Crippen LogP contribution in [0.3, 0.4) is 0 Å². The monoisotopic (exact) mass is 436 g/mol. The minimum absolute atomic E-state index is 0.0775. The van der Waals surface area contributed by atoms with Gasteiger partial charge in [0, 0.05) is 12.5 Å². The van der Waals surface area contributed by atoms with Crippen molar-refractivity contribution in [3.63, 3.8) is 0 Å². The zero-order chi connectivity index (χ0) is 20.9. The second-order valence-corrected chi connectivity index (χ2v) is 11.5. The van der Waals surface area contributed by atoms with Crippen LogP contribution in [0.25, 0.3) is 0 Å². The molecule has 1 aliphatic rings. The molecular weight excluding hydrogens is 416 g/mol. The van der Waals surface area contributed by atoms with Gasteiger partial charge in [-0.05, 0) is 13.8 Å². The number of carbonyl (C=O) groups is 1. The van der Waals surface area contributed by atoms with Gasteiger partial charge in [0.1, 0.15) is 8.82 Å². The number of carbonyl (C=O) groups excluding carboxylic acids is 1. The summed E-state index contributed by atoms with van der Waals surface area (Å²) in [6, 6.07) is -2.19. The molecule has 0 aromatic heterocycles. The predicted molar refractivity (Wildman–Crippen MR) is 89.7 cm³/mol. The zero-order valence-electron chi connectivity index (χ0n) is 13.8. The summed E-state index contributed by atoms with van der Waals surface area (Å²) in [5.41, 5.74) is -3.80. The number of thioether (sulfide) groups is 1. The van der Waals surface area contributed by atoms with Crippen molar-refractivity contribution >= 4 is 37.4 Å². The van der Waals surface area contributed by atoms with Gasteiger partial charge in [-0.3, -0.25) is 10.1 Å². The number of nitrogens with one attached hydrogen (secondary N) is 1. The van der Waals surface area contributed by atoms with Gasteiger partial charge in [0.05, 0.1) is 6.04 Å². The number of primary sulfonamides is 1. The van der Waals surface area contributed by atoms with Crippen molar-refractivity contribution in [2.24, 2.45) is 5.14 Å². The van der Waals surface area contributed by atoms with Gasteiger partial charge < -0.3 is 25.5 Å². The van der Waals surface area contributed by atoms with Crippen molar-refractivity contribution in [1.29, 1.82) is 0 Å². The van der Waals surface area contributed by atoms with E-state index in [4.69, 9.17) is 5.14 Å². The Morgan fingerprint density at radius 1 is 1.38 bits per heavy atom. The largest absolute Gasteiger partial charge is 0.372 e. The number of sulfonamides is 1. The van der Waals surface area contributed by atoms with Crippen LogP contribution < -0.4 is 10.5 Å². The molecule has 3 unspecified atom stereocenters. The number of hydrogen-bond donors (Lipinski definition) is 7. The average Bonchev–Trinajstić information content (AvgIpc) is 2.40. The lowest BCUT2D eigenvalue weighted by Gasteiger charge is -2.42. The summed E-state index contributed by atoms with van der Waals surface area (Å²) in [5, 5.41) is 55.6. The van der Waals surface area contributed by atoms with E-state index in [0.717, 1.165) is 20.8 Å². The van der Waals surface area contributed by atoms with Crippen LogP contribution >= 0.6 is 11.8 Å². The Morgan fingerprint density at radius 3 is 2.19 bits per heavy atom. The van der Waals surface area contributed by atoms with Crippen molar-refractivity contribution in [2.45, 2.75) is 48.5 Å². The van der Waals surface area contributed by atoms with Crippen LogP contribution in [0.4, 0.5) is 0 Å². The molecule has 0 saturated carbocycles. The van der Waals surface area contributed by atoms with E-state index < -0.39 is 63.2 Å². The maximum absolute atomic E-state index is 12.4. The molecule has 1 aliphatic heterocycles. The van der Waals surface area contributed by atoms with Gasteiger partial charge >= 0.3 is 0 Å². The fourth-order valence-electron chi connectivity index (χ4n) is 2.10. The van der Waals surface area contributed by atoms with Crippen LogP contribution in [0.15, 0.2) is 9.81 Å². The van der Waals surface area contributed by atoms with Crippen LogP contribution in [0, 0.1) is 0 Å². The summed E-state index contributed by atoms with van der Waals surface area (Å²) in [5.74, 6) is -7.41. The van der Waals surface area contributed by atoms with Gasteiger partial charge in [-0.2, -0.15) is 0 Å². The lowest BCUT2D eigenvalue weighted by atomic mass is 9.96. The molecule has 0 bridgehead atoms. The molecule has 12 nitrogen and oxygen atoms in total. The standard InChI is InChI=1S/C11H20N2O10S3/c1-4(14)6-7(13-10(3,16)17)11(18,19)9(15)25(20,21)8(6)24-5(2)26(12,22)23/h5,7,9,13,15-19H,1-3H3,(H2,12,22,23). The predicted octanol–water partition coefficient (Wildman–Crippen LogP) is -3.80. The molecule has 0 aromatic rings. The van der Waals surface area contributed by atoms with Crippen molar-refractivity contribution in [2.75, 3.05) is 0 Å². The third-order valence-electron chi connectivity index (χ3n) is 3.38. The summed E-state index contributed by atoms with van der Waals surface area (Å²) in [6.45, 7) is 2.58. The van der Waals surface area contributed by atoms with Crippen LogP contribution in [-0.2, 0) is 24.7 Å². The molecule has 1 heterocycles. The van der Waals surface area contributed by atoms with Gasteiger partial charge in [-0.1, -0.05) is 11.8 Å². The van der Waals surface area contributed by atoms with Gasteiger partial charge in [0.2, 0.25) is 37.0 Å². The van der Waals surface area contributed by atoms with E-state index in [0.29, 0.717) is 0 Å². The Hall–Kier alpha value is -0.620. The molecule has 0 aliphatic carbocycles. The molecule has 0 fully saturated rings. The number of aliphatic hydroxyl groups excluding tert-OH is 1. The van der Waals surface area contributed by atoms with E-state index in [1.165, 1.54) is 0 Å². The quantitative estimate of drug-likeness (QED) is 0.199. The number of ketones is 1. The van der Waals surface area contributed by atoms with Gasteiger partial charge in [0.25, 0.3) is 0 Å². The Morgan fingerprint density at radius 2 is 1.85 bits per heavy atom. The maximum atomic E-state index is 12.4. The fourth-order valence-corrected chi connectivity index (χ4v) is 6.41. The second kappa shape index (κ2) is 7.08. The summed E-state index contributed by atoms with van der Waals surface area (Å²) < 4.78 is 45.1. The second-order valence-electron chi connectivity index (χ2n) is 5.81. The topological polar surface area (TPSA) is 225 Å². The third kappa shape index (κ3) is 4.61. The van der Waals surface area contributed by atoms with Crippen LogP contribution in [-0.4, -0.2) is 75.9 Å². The van der Waals surface area contributed by atoms with Gasteiger partial charge in [-0.25, -0.2) is 22.0 Å². The lowest BCUT2D eigenvalue weighted by Crippen LogP contribution is -2.68. The zero-order valence-corrected chi connectivity index (χ0v) is 16.3. The first-order valence-corrected chi connectivity index (χ1v) is 10.9. The molecule has 8 N–H and O–H groups in total. The smallest absolute Gasteiger partial charge is 0.225 e. The molecule has 15 heteroatoms. The Bertz CT molecular complexity index is 825. The molecule has 0 radical (unpaired) electrons. The number of hydrogen-bond acceptors (Lipinski definition) is 12. The molecule has 26 heavy (non-hydrogen) atoms. The number of rotatable bonds is 6. The third-order valence-corrected chi connectivity index (χ3v) is 8.82. The first kappa shape index (κ1) is 23.4. The van der Waals surface area contributed by atoms with Crippen molar-refractivity contribution in [1.82, 2.24) is 5.32 Å². The average molecular weight is 436 g/mol. The van der Waals surface area contributed by atoms with E-state index in [2.05, 4.69) is 0 Å². The highest BCUT2D eigenvalue weighted by Crippen LogP contribution is 2.43. The Balaban J connectivity index is 3.79. The number of aliphatic hydroxyl groups is 5. The minimum atomic E-state index is -4.99. The molecule has 0 saturated heterocycles. The highest BCUT2D eigenvalue weighted by atomic mass is 32.3. The van der Waals surface area contributed by atoms with E-state index in [1.54, 1.807) is 5.32 Å². The Kier molecular flexibility index (Phi) is 6.38. The van der Waals surface area contributed by atoms with Crippen molar-refractivity contribution in [3.05, 3.63) is 9.81 Å². The molecular formula is C11H20N2O10S3. The van der Waals surface area contributed by atoms with Gasteiger partial charge in [-0.15, -0.1) is 0 Å². The Labute approximate surface area is 153 Å². The van der Waals surface area contributed by atoms with E-state index in [1.807, 2.05) is 0 Å². The number of Topliss-reactive ketones (excluding diaryl/α,β-unsaturated/α-hetero) is 1. The molecule has 0 spiro atoms. The normalized spacial score (nSPS) is 27.3. The van der Waals surface area contributed by atoms with Crippen LogP contribution in [0.5, 0.6) is 0 Å². The summed E-state index contributed by atoms with van der Waals surface area (Å²) in [6.07, 6.45) is 0. The van der Waals surface area contributed by atoms with E-state index in [9.17, 15) is 47.2 Å². The van der Waals surface area contributed by atoms with E-state index >= 15 is 0 Å². The SMILES string of the molecule is CC(=O)C1=C(SC(C)S(N)(=O)=O)S(=O)(=O)C(O)C(O)(O)C1NC(C)(O)O. The summed E-state index contributed by atoms with van der Waals surface area (Å²) in [7, 11) is -9.27. The summed E-state index contributed by atoms with van der Waals surface area (Å²) in [4.78, 5) is 12.0. The first-order chi connectivity index (χ1) is 11.3. The van der Waals surface area contributed by atoms with Gasteiger partial charge in [0.15, 0.2) is 5.78 Å². The van der Waals surface area contributed by atoms with Crippen LogP contribution in [0.1, 0.15) is 20.8 Å². The molecule has 3 atom stereocenters. The van der Waals surface area contributed by atoms with Crippen molar-refractivity contribution in [3.8, 4) is 0 Å². The molecule has 0 aromatic carbocycles. The maximum Gasteiger partial charge on any atom is 0.225 e. The first-order valence-electron chi connectivity index (χ1n) is 6.86. The fraction of sp³-hybridized carbons (Fsp3) is 0.727. The number of nitrogens with two attached hydrogens (primary N) is 1. The highest BCUT2D eigenvalue weighted by molar-refractivity contribution is 8.24. The minimum Gasteiger partial charge on any atom is -0.372 e.